The highest BCUT2D eigenvalue weighted by molar-refractivity contribution is 5.78. The first-order valence-electron chi connectivity index (χ1n) is 12.3. The quantitative estimate of drug-likeness (QED) is 0.496. The summed E-state index contributed by atoms with van der Waals surface area (Å²) in [4.78, 5) is 17.6. The van der Waals surface area contributed by atoms with Crippen molar-refractivity contribution in [3.05, 3.63) is 53.6 Å². The molecule has 36 heavy (non-hydrogen) atoms. The number of nitrogens with zero attached hydrogens (tertiary/aromatic N) is 4. The molecule has 4 rings (SSSR count). The van der Waals surface area contributed by atoms with Crippen LogP contribution in [0, 0.1) is 24.2 Å². The summed E-state index contributed by atoms with van der Waals surface area (Å²) in [6.07, 6.45) is 1.60. The second-order valence-corrected chi connectivity index (χ2v) is 9.41. The average molecular weight is 491 g/mol. The molecule has 1 aliphatic heterocycles. The number of aryl methyl sites for hydroxylation is 1. The number of nitriles is 1. The minimum Gasteiger partial charge on any atom is -0.490 e. The molecule has 8 nitrogen and oxygen atoms in total. The lowest BCUT2D eigenvalue weighted by Gasteiger charge is -2.29. The minimum absolute atomic E-state index is 0.000914. The third kappa shape index (κ3) is 6.49. The van der Waals surface area contributed by atoms with E-state index < -0.39 is 0 Å². The SMILES string of the molecule is CC(C)C(CO)N1CCCC1=O.Cc1ccccc1-c1noc(-c2ccc(OC(C)C)c(C#N)c2)n1. The molecule has 1 aromatic heterocycles. The van der Waals surface area contributed by atoms with Gasteiger partial charge in [0.25, 0.3) is 5.89 Å². The average Bonchev–Trinajstić information content (AvgIpc) is 3.50. The number of hydrogen-bond donors (Lipinski definition) is 1. The Balaban J connectivity index is 0.000000253. The monoisotopic (exact) mass is 490 g/mol. The van der Waals surface area contributed by atoms with Crippen LogP contribution in [0.1, 0.15) is 51.7 Å². The Kier molecular flexibility index (Phi) is 9.20. The third-order valence-electron chi connectivity index (χ3n) is 5.99. The van der Waals surface area contributed by atoms with Gasteiger partial charge in [-0.25, -0.2) is 0 Å². The maximum atomic E-state index is 11.3. The van der Waals surface area contributed by atoms with E-state index in [-0.39, 0.29) is 24.7 Å². The van der Waals surface area contributed by atoms with E-state index in [1.54, 1.807) is 12.1 Å². The van der Waals surface area contributed by atoms with Crippen LogP contribution in [0.3, 0.4) is 0 Å². The zero-order chi connectivity index (χ0) is 26.2. The summed E-state index contributed by atoms with van der Waals surface area (Å²) >= 11 is 0. The van der Waals surface area contributed by atoms with Gasteiger partial charge in [-0.1, -0.05) is 43.3 Å². The second kappa shape index (κ2) is 12.3. The Bertz CT molecular complexity index is 1210. The molecule has 8 heteroatoms. The van der Waals surface area contributed by atoms with Crippen LogP contribution in [0.15, 0.2) is 47.0 Å². The highest BCUT2D eigenvalue weighted by Gasteiger charge is 2.29. The maximum Gasteiger partial charge on any atom is 0.258 e. The molecule has 0 aliphatic carbocycles. The lowest BCUT2D eigenvalue weighted by Crippen LogP contribution is -2.42. The number of likely N-dealkylation sites (tertiary alicyclic amines) is 1. The number of ether oxygens (including phenoxy) is 1. The molecule has 1 aliphatic rings. The van der Waals surface area contributed by atoms with Crippen molar-refractivity contribution in [2.75, 3.05) is 13.2 Å². The molecule has 1 amide bonds. The molecule has 1 N–H and O–H groups in total. The Morgan fingerprint density at radius 2 is 1.94 bits per heavy atom. The fourth-order valence-corrected chi connectivity index (χ4v) is 4.07. The number of rotatable bonds is 7. The van der Waals surface area contributed by atoms with Gasteiger partial charge in [0.05, 0.1) is 24.3 Å². The second-order valence-electron chi connectivity index (χ2n) is 9.41. The van der Waals surface area contributed by atoms with E-state index in [1.165, 1.54) is 0 Å². The summed E-state index contributed by atoms with van der Waals surface area (Å²) < 4.78 is 11.0. The summed E-state index contributed by atoms with van der Waals surface area (Å²) in [5.41, 5.74) is 3.13. The van der Waals surface area contributed by atoms with Crippen LogP contribution in [0.5, 0.6) is 5.75 Å². The lowest BCUT2D eigenvalue weighted by molar-refractivity contribution is -0.131. The Hall–Kier alpha value is -3.70. The van der Waals surface area contributed by atoms with E-state index in [2.05, 4.69) is 16.2 Å². The van der Waals surface area contributed by atoms with Crippen LogP contribution < -0.4 is 4.74 Å². The first kappa shape index (κ1) is 26.9. The summed E-state index contributed by atoms with van der Waals surface area (Å²) in [6.45, 7) is 10.8. The fraction of sp³-hybridized carbons (Fsp3) is 0.429. The van der Waals surface area contributed by atoms with Gasteiger partial charge < -0.3 is 19.3 Å². The Morgan fingerprint density at radius 1 is 1.19 bits per heavy atom. The standard InChI is InChI=1S/C19H17N3O2.C9H17NO2/c1-12(2)23-17-9-8-14(10-15(17)11-20)19-21-18(22-24-19)16-7-5-4-6-13(16)3;1-7(2)8(6-11)10-5-3-4-9(10)12/h4-10,12H,1-3H3;7-8,11H,3-6H2,1-2H3. The van der Waals surface area contributed by atoms with E-state index in [9.17, 15) is 10.1 Å². The molecule has 3 aromatic rings. The van der Waals surface area contributed by atoms with Gasteiger partial charge in [0, 0.05) is 24.1 Å². The number of carbonyl (C=O) groups excluding carboxylic acids is 1. The maximum absolute atomic E-state index is 11.3. The van der Waals surface area contributed by atoms with Crippen LogP contribution in [0.4, 0.5) is 0 Å². The smallest absolute Gasteiger partial charge is 0.258 e. The van der Waals surface area contributed by atoms with Crippen LogP contribution in [0.2, 0.25) is 0 Å². The first-order valence-corrected chi connectivity index (χ1v) is 12.3. The molecule has 1 fully saturated rings. The number of amides is 1. The van der Waals surface area contributed by atoms with Crippen LogP contribution in [-0.4, -0.2) is 51.4 Å². The molecule has 190 valence electrons. The lowest BCUT2D eigenvalue weighted by atomic mass is 10.0. The van der Waals surface area contributed by atoms with Gasteiger partial charge in [0.2, 0.25) is 11.7 Å². The number of aliphatic hydroxyl groups excluding tert-OH is 1. The van der Waals surface area contributed by atoms with E-state index in [0.717, 1.165) is 24.1 Å². The minimum atomic E-state index is -0.000914. The van der Waals surface area contributed by atoms with Gasteiger partial charge in [-0.15, -0.1) is 0 Å². The molecule has 1 unspecified atom stereocenters. The van der Waals surface area contributed by atoms with Crippen molar-refractivity contribution in [1.82, 2.24) is 15.0 Å². The molecule has 0 bridgehead atoms. The van der Waals surface area contributed by atoms with Gasteiger partial charge >= 0.3 is 0 Å². The van der Waals surface area contributed by atoms with Crippen LogP contribution in [-0.2, 0) is 4.79 Å². The van der Waals surface area contributed by atoms with Gasteiger partial charge in [-0.05, 0) is 56.9 Å². The predicted molar refractivity (Wildman–Crippen MR) is 137 cm³/mol. The highest BCUT2D eigenvalue weighted by Crippen LogP contribution is 2.28. The molecular formula is C28H34N4O4. The molecule has 2 heterocycles. The number of aromatic nitrogens is 2. The molecule has 0 spiro atoms. The molecule has 0 radical (unpaired) electrons. The van der Waals surface area contributed by atoms with E-state index in [0.29, 0.717) is 40.9 Å². The fourth-order valence-electron chi connectivity index (χ4n) is 4.07. The Labute approximate surface area is 212 Å². The number of aliphatic hydroxyl groups is 1. The Morgan fingerprint density at radius 3 is 2.53 bits per heavy atom. The summed E-state index contributed by atoms with van der Waals surface area (Å²) in [5.74, 6) is 2.00. The molecule has 0 saturated carbocycles. The van der Waals surface area contributed by atoms with Crippen molar-refractivity contribution in [2.24, 2.45) is 5.92 Å². The van der Waals surface area contributed by atoms with Gasteiger partial charge in [0.15, 0.2) is 0 Å². The van der Waals surface area contributed by atoms with Gasteiger partial charge in [-0.2, -0.15) is 10.2 Å². The van der Waals surface area contributed by atoms with Gasteiger partial charge in [0.1, 0.15) is 11.8 Å². The molecule has 1 atom stereocenters. The zero-order valence-electron chi connectivity index (χ0n) is 21.6. The summed E-state index contributed by atoms with van der Waals surface area (Å²) in [7, 11) is 0. The van der Waals surface area contributed by atoms with Crippen molar-refractivity contribution in [3.8, 4) is 34.7 Å². The number of carbonyl (C=O) groups is 1. The van der Waals surface area contributed by atoms with Gasteiger partial charge in [-0.3, -0.25) is 4.79 Å². The normalized spacial score (nSPS) is 14.0. The third-order valence-corrected chi connectivity index (χ3v) is 5.99. The van der Waals surface area contributed by atoms with Crippen molar-refractivity contribution in [1.29, 1.82) is 5.26 Å². The summed E-state index contributed by atoms with van der Waals surface area (Å²) in [5, 5.41) is 22.5. The van der Waals surface area contributed by atoms with Crippen molar-refractivity contribution in [3.63, 3.8) is 0 Å². The van der Waals surface area contributed by atoms with Crippen LogP contribution >= 0.6 is 0 Å². The zero-order valence-corrected chi connectivity index (χ0v) is 21.6. The molecule has 1 saturated heterocycles. The summed E-state index contributed by atoms with van der Waals surface area (Å²) in [6, 6.07) is 15.3. The number of benzene rings is 2. The number of hydrogen-bond acceptors (Lipinski definition) is 7. The van der Waals surface area contributed by atoms with Crippen molar-refractivity contribution in [2.45, 2.75) is 59.6 Å². The van der Waals surface area contributed by atoms with Crippen molar-refractivity contribution >= 4 is 5.91 Å². The largest absolute Gasteiger partial charge is 0.490 e. The van der Waals surface area contributed by atoms with Crippen molar-refractivity contribution < 1.29 is 19.2 Å². The van der Waals surface area contributed by atoms with E-state index >= 15 is 0 Å². The first-order chi connectivity index (χ1) is 17.2. The topological polar surface area (TPSA) is 112 Å². The molecular weight excluding hydrogens is 456 g/mol. The van der Waals surface area contributed by atoms with E-state index in [4.69, 9.17) is 14.4 Å². The predicted octanol–water partition coefficient (Wildman–Crippen LogP) is 5.00. The molecule has 2 aromatic carbocycles. The van der Waals surface area contributed by atoms with E-state index in [1.807, 2.05) is 69.9 Å². The van der Waals surface area contributed by atoms with Crippen LogP contribution in [0.25, 0.3) is 22.8 Å². The highest BCUT2D eigenvalue weighted by atomic mass is 16.5.